The van der Waals surface area contributed by atoms with Crippen molar-refractivity contribution in [2.45, 2.75) is 60.0 Å². The largest absolute Gasteiger partial charge is 0.488 e. The number of halogens is 1. The van der Waals surface area contributed by atoms with Gasteiger partial charge in [0.1, 0.15) is 12.4 Å². The number of Topliss-reactive ketones (excluding diaryl/α,β-unsaturated/α-hetero) is 1. The molecule has 1 N–H and O–H groups in total. The van der Waals surface area contributed by atoms with Crippen molar-refractivity contribution in [1.29, 1.82) is 0 Å². The van der Waals surface area contributed by atoms with E-state index in [1.165, 1.54) is 0 Å². The van der Waals surface area contributed by atoms with E-state index in [2.05, 4.69) is 48.1 Å². The van der Waals surface area contributed by atoms with Gasteiger partial charge in [-0.3, -0.25) is 4.79 Å². The summed E-state index contributed by atoms with van der Waals surface area (Å²) in [6, 6.07) is 9.83. The van der Waals surface area contributed by atoms with Crippen molar-refractivity contribution in [2.75, 3.05) is 6.61 Å². The third-order valence-electron chi connectivity index (χ3n) is 6.28. The van der Waals surface area contributed by atoms with Gasteiger partial charge in [0.15, 0.2) is 5.78 Å². The van der Waals surface area contributed by atoms with Gasteiger partial charge in [-0.15, -0.1) is 11.3 Å². The number of ether oxygens (including phenoxy) is 2. The number of para-hydroxylation sites is 1. The first kappa shape index (κ1) is 24.7. The molecule has 2 aliphatic rings. The molecule has 1 atom stereocenters. The van der Waals surface area contributed by atoms with Crippen molar-refractivity contribution in [2.24, 2.45) is 5.41 Å². The molecule has 0 unspecified atom stereocenters. The van der Waals surface area contributed by atoms with E-state index in [9.17, 15) is 9.59 Å². The number of carbonyl (C=O) groups is 2. The third kappa shape index (κ3) is 4.86. The number of dihydropyridines is 1. The van der Waals surface area contributed by atoms with Crippen molar-refractivity contribution < 1.29 is 19.1 Å². The Kier molecular flexibility index (Phi) is 7.06. The van der Waals surface area contributed by atoms with E-state index in [0.717, 1.165) is 43.4 Å². The van der Waals surface area contributed by atoms with Crippen LogP contribution in [0.4, 0.5) is 0 Å². The van der Waals surface area contributed by atoms with Crippen LogP contribution in [0.5, 0.6) is 5.75 Å². The molecule has 180 valence electrons. The van der Waals surface area contributed by atoms with Crippen molar-refractivity contribution in [3.8, 4) is 5.75 Å². The Bertz CT molecular complexity index is 1210. The summed E-state index contributed by atoms with van der Waals surface area (Å²) < 4.78 is 12.4. The number of carbonyl (C=O) groups excluding carboxylic acids is 2. The fraction of sp³-hybridized carbons (Fsp3) is 0.407. The Hall–Kier alpha value is -2.38. The van der Waals surface area contributed by atoms with E-state index < -0.39 is 5.92 Å². The number of rotatable bonds is 6. The summed E-state index contributed by atoms with van der Waals surface area (Å²) in [5.41, 5.74) is 3.82. The van der Waals surface area contributed by atoms with Gasteiger partial charge in [-0.1, -0.05) is 26.0 Å². The molecular weight excluding hydrogens is 514 g/mol. The number of hydrogen-bond donors (Lipinski definition) is 1. The Morgan fingerprint density at radius 3 is 2.68 bits per heavy atom. The molecule has 1 aliphatic carbocycles. The van der Waals surface area contributed by atoms with Gasteiger partial charge in [0.2, 0.25) is 0 Å². The van der Waals surface area contributed by atoms with Crippen LogP contribution in [0.2, 0.25) is 0 Å². The Morgan fingerprint density at radius 2 is 1.97 bits per heavy atom. The summed E-state index contributed by atoms with van der Waals surface area (Å²) in [6.45, 7) is 10.6. The van der Waals surface area contributed by atoms with Crippen LogP contribution < -0.4 is 10.1 Å². The van der Waals surface area contributed by atoms with E-state index in [1.807, 2.05) is 31.2 Å². The van der Waals surface area contributed by atoms with Crippen LogP contribution in [0.3, 0.4) is 0 Å². The SMILES string of the molecule is CCOC(=O)C1=C(C)NC2=C(C(=O)CC(C)(C)C2)[C@@H]1c1cc(COc2ccccc2Br)c(C)s1. The van der Waals surface area contributed by atoms with Gasteiger partial charge in [-0.25, -0.2) is 4.79 Å². The zero-order valence-corrected chi connectivity index (χ0v) is 22.6. The molecule has 0 fully saturated rings. The van der Waals surface area contributed by atoms with E-state index in [0.29, 0.717) is 24.2 Å². The standard InChI is InChI=1S/C27H30BrNO4S/c1-6-32-26(31)23-15(2)29-19-12-27(4,5)13-20(30)24(19)25(23)22-11-17(16(3)34-22)14-33-21-10-8-7-9-18(21)28/h7-11,25,29H,6,12-14H2,1-5H3/t25-/m1/s1. The predicted octanol–water partition coefficient (Wildman–Crippen LogP) is 6.57. The lowest BCUT2D eigenvalue weighted by Gasteiger charge is -2.39. The average molecular weight is 545 g/mol. The molecule has 34 heavy (non-hydrogen) atoms. The highest BCUT2D eigenvalue weighted by atomic mass is 79.9. The fourth-order valence-electron chi connectivity index (χ4n) is 4.75. The minimum Gasteiger partial charge on any atom is -0.488 e. The summed E-state index contributed by atoms with van der Waals surface area (Å²) in [5, 5.41) is 3.38. The fourth-order valence-corrected chi connectivity index (χ4v) is 6.30. The second-order valence-electron chi connectivity index (χ2n) is 9.60. The lowest BCUT2D eigenvalue weighted by molar-refractivity contribution is -0.138. The third-order valence-corrected chi connectivity index (χ3v) is 8.09. The molecule has 0 saturated heterocycles. The molecule has 0 bridgehead atoms. The monoisotopic (exact) mass is 543 g/mol. The normalized spacial score (nSPS) is 19.6. The quantitative estimate of drug-likeness (QED) is 0.417. The number of allylic oxidation sites excluding steroid dienone is 3. The molecule has 1 aliphatic heterocycles. The predicted molar refractivity (Wildman–Crippen MR) is 138 cm³/mol. The number of aryl methyl sites for hydroxylation is 1. The molecule has 0 saturated carbocycles. The van der Waals surface area contributed by atoms with Crippen LogP contribution >= 0.6 is 27.3 Å². The number of ketones is 1. The second-order valence-corrected chi connectivity index (χ2v) is 11.7. The summed E-state index contributed by atoms with van der Waals surface area (Å²) in [7, 11) is 0. The van der Waals surface area contributed by atoms with Gasteiger partial charge in [0.25, 0.3) is 0 Å². The molecule has 5 nitrogen and oxygen atoms in total. The van der Waals surface area contributed by atoms with Crippen LogP contribution in [-0.2, 0) is 20.9 Å². The highest BCUT2D eigenvalue weighted by Crippen LogP contribution is 2.48. The molecule has 7 heteroatoms. The molecule has 0 radical (unpaired) electrons. The number of esters is 1. The molecule has 4 rings (SSSR count). The minimum atomic E-state index is -0.431. The highest BCUT2D eigenvalue weighted by molar-refractivity contribution is 9.10. The van der Waals surface area contributed by atoms with Crippen molar-refractivity contribution in [3.63, 3.8) is 0 Å². The lowest BCUT2D eigenvalue weighted by atomic mass is 9.70. The summed E-state index contributed by atoms with van der Waals surface area (Å²) in [5.74, 6) is 0.0582. The number of thiophene rings is 1. The second kappa shape index (κ2) is 9.70. The van der Waals surface area contributed by atoms with Crippen LogP contribution in [0.25, 0.3) is 0 Å². The zero-order chi connectivity index (χ0) is 24.6. The molecule has 1 aromatic heterocycles. The molecule has 2 aromatic rings. The van der Waals surface area contributed by atoms with Gasteiger partial charge in [0.05, 0.1) is 22.6 Å². The maximum Gasteiger partial charge on any atom is 0.336 e. The first-order valence-corrected chi connectivity index (χ1v) is 13.1. The van der Waals surface area contributed by atoms with E-state index in [-0.39, 0.29) is 23.8 Å². The van der Waals surface area contributed by atoms with Gasteiger partial charge < -0.3 is 14.8 Å². The van der Waals surface area contributed by atoms with E-state index >= 15 is 0 Å². The zero-order valence-electron chi connectivity index (χ0n) is 20.2. The van der Waals surface area contributed by atoms with Crippen LogP contribution in [0.15, 0.2) is 57.3 Å². The maximum absolute atomic E-state index is 13.4. The minimum absolute atomic E-state index is 0.0927. The van der Waals surface area contributed by atoms with Gasteiger partial charge >= 0.3 is 5.97 Å². The summed E-state index contributed by atoms with van der Waals surface area (Å²) >= 11 is 5.14. The van der Waals surface area contributed by atoms with E-state index in [4.69, 9.17) is 9.47 Å². The maximum atomic E-state index is 13.4. The molecule has 0 spiro atoms. The smallest absolute Gasteiger partial charge is 0.336 e. The van der Waals surface area contributed by atoms with Crippen molar-refractivity contribution in [3.05, 3.63) is 72.7 Å². The Labute approximate surface area is 213 Å². The van der Waals surface area contributed by atoms with Crippen LogP contribution in [0.1, 0.15) is 61.8 Å². The number of hydrogen-bond acceptors (Lipinski definition) is 6. The van der Waals surface area contributed by atoms with Crippen LogP contribution in [-0.4, -0.2) is 18.4 Å². The van der Waals surface area contributed by atoms with Gasteiger partial charge in [0, 0.05) is 38.7 Å². The molecule has 0 amide bonds. The first-order chi connectivity index (χ1) is 16.1. The van der Waals surface area contributed by atoms with E-state index in [1.54, 1.807) is 18.3 Å². The first-order valence-electron chi connectivity index (χ1n) is 11.5. The van der Waals surface area contributed by atoms with Crippen molar-refractivity contribution in [1.82, 2.24) is 5.32 Å². The van der Waals surface area contributed by atoms with Gasteiger partial charge in [-0.2, -0.15) is 0 Å². The highest BCUT2D eigenvalue weighted by Gasteiger charge is 2.43. The number of nitrogens with one attached hydrogen (secondary N) is 1. The Balaban J connectivity index is 1.74. The summed E-state index contributed by atoms with van der Waals surface area (Å²) in [6.07, 6.45) is 1.22. The Morgan fingerprint density at radius 1 is 1.24 bits per heavy atom. The number of benzene rings is 1. The van der Waals surface area contributed by atoms with Crippen molar-refractivity contribution >= 4 is 39.0 Å². The topological polar surface area (TPSA) is 64.6 Å². The lowest BCUT2D eigenvalue weighted by Crippen LogP contribution is -2.38. The molecule has 2 heterocycles. The van der Waals surface area contributed by atoms with Crippen LogP contribution in [0, 0.1) is 12.3 Å². The average Bonchev–Trinajstić information content (AvgIpc) is 3.11. The van der Waals surface area contributed by atoms with Gasteiger partial charge in [-0.05, 0) is 66.7 Å². The molecular formula is C27H30BrNO4S. The molecule has 1 aromatic carbocycles. The summed E-state index contributed by atoms with van der Waals surface area (Å²) in [4.78, 5) is 28.5.